The Labute approximate surface area is 92.3 Å². The normalized spacial score (nSPS) is 10.6. The number of imidazole rings is 1. The zero-order chi connectivity index (χ0) is 10.8. The molecule has 78 valence electrons. The first kappa shape index (κ1) is 10.2. The molecule has 1 aromatic carbocycles. The Hall–Kier alpha value is -1.35. The van der Waals surface area contributed by atoms with Crippen molar-refractivity contribution in [1.29, 1.82) is 0 Å². The van der Waals surface area contributed by atoms with E-state index < -0.39 is 5.82 Å². The highest BCUT2D eigenvalue weighted by Gasteiger charge is 2.05. The Morgan fingerprint density at radius 1 is 1.47 bits per heavy atom. The largest absolute Gasteiger partial charge is 0.337 e. The van der Waals surface area contributed by atoms with E-state index in [1.165, 1.54) is 6.07 Å². The minimum Gasteiger partial charge on any atom is -0.337 e. The van der Waals surface area contributed by atoms with Gasteiger partial charge in [0.1, 0.15) is 5.82 Å². The molecule has 0 bridgehead atoms. The molecule has 0 unspecified atom stereocenters. The van der Waals surface area contributed by atoms with Crippen LogP contribution in [0.3, 0.4) is 0 Å². The molecule has 0 amide bonds. The lowest BCUT2D eigenvalue weighted by atomic mass is 10.2. The molecule has 0 saturated carbocycles. The first-order valence-corrected chi connectivity index (χ1v) is 5.05. The Morgan fingerprint density at radius 3 is 2.87 bits per heavy atom. The second kappa shape index (κ2) is 4.03. The lowest BCUT2D eigenvalue weighted by Crippen LogP contribution is -1.86. The number of hydrogen-bond donors (Lipinski definition) is 0. The standard InChI is InChI=1S/C11H10ClFN2/c1-2-15-6-11(14-7-15)8-3-4-10(13)9(12)5-8/h3-7H,2H2,1H3. The molecule has 0 saturated heterocycles. The molecule has 15 heavy (non-hydrogen) atoms. The van der Waals surface area contributed by atoms with Gasteiger partial charge in [-0.25, -0.2) is 9.37 Å². The minimum atomic E-state index is -0.407. The van der Waals surface area contributed by atoms with Crippen molar-refractivity contribution in [2.45, 2.75) is 13.5 Å². The Balaban J connectivity index is 2.40. The molecule has 0 atom stereocenters. The number of halogens is 2. The summed E-state index contributed by atoms with van der Waals surface area (Å²) in [4.78, 5) is 4.21. The van der Waals surface area contributed by atoms with Gasteiger partial charge in [0.2, 0.25) is 0 Å². The monoisotopic (exact) mass is 224 g/mol. The second-order valence-electron chi connectivity index (χ2n) is 3.22. The van der Waals surface area contributed by atoms with Gasteiger partial charge in [-0.2, -0.15) is 0 Å². The third kappa shape index (κ3) is 2.02. The fourth-order valence-corrected chi connectivity index (χ4v) is 1.52. The summed E-state index contributed by atoms with van der Waals surface area (Å²) in [5, 5.41) is 0.124. The summed E-state index contributed by atoms with van der Waals surface area (Å²) in [5.41, 5.74) is 1.63. The van der Waals surface area contributed by atoms with Crippen LogP contribution in [0.1, 0.15) is 6.92 Å². The van der Waals surface area contributed by atoms with Gasteiger partial charge in [-0.15, -0.1) is 0 Å². The number of aryl methyl sites for hydroxylation is 1. The van der Waals surface area contributed by atoms with Gasteiger partial charge in [0.15, 0.2) is 0 Å². The quantitative estimate of drug-likeness (QED) is 0.765. The molecule has 0 spiro atoms. The second-order valence-corrected chi connectivity index (χ2v) is 3.63. The molecule has 0 N–H and O–H groups in total. The third-order valence-corrected chi connectivity index (χ3v) is 2.50. The Kier molecular flexibility index (Phi) is 2.73. The average Bonchev–Trinajstić information content (AvgIpc) is 2.70. The van der Waals surface area contributed by atoms with E-state index in [1.807, 2.05) is 17.7 Å². The van der Waals surface area contributed by atoms with Gasteiger partial charge in [0.05, 0.1) is 17.0 Å². The van der Waals surface area contributed by atoms with Crippen molar-refractivity contribution >= 4 is 11.6 Å². The van der Waals surface area contributed by atoms with Crippen LogP contribution < -0.4 is 0 Å². The molecular weight excluding hydrogens is 215 g/mol. The van der Waals surface area contributed by atoms with Crippen LogP contribution in [0.15, 0.2) is 30.7 Å². The number of rotatable bonds is 2. The lowest BCUT2D eigenvalue weighted by molar-refractivity contribution is 0.628. The molecular formula is C11H10ClFN2. The first-order valence-electron chi connectivity index (χ1n) is 4.68. The van der Waals surface area contributed by atoms with Crippen LogP contribution in [0.4, 0.5) is 4.39 Å². The SMILES string of the molecule is CCn1cnc(-c2ccc(F)c(Cl)c2)c1. The summed E-state index contributed by atoms with van der Waals surface area (Å²) in [7, 11) is 0. The van der Waals surface area contributed by atoms with Crippen LogP contribution >= 0.6 is 11.6 Å². The third-order valence-electron chi connectivity index (χ3n) is 2.21. The van der Waals surface area contributed by atoms with E-state index in [1.54, 1.807) is 18.5 Å². The summed E-state index contributed by atoms with van der Waals surface area (Å²) in [6.45, 7) is 2.89. The average molecular weight is 225 g/mol. The van der Waals surface area contributed by atoms with Crippen molar-refractivity contribution < 1.29 is 4.39 Å². The summed E-state index contributed by atoms with van der Waals surface area (Å²) in [6, 6.07) is 4.60. The fraction of sp³-hybridized carbons (Fsp3) is 0.182. The van der Waals surface area contributed by atoms with Crippen LogP contribution in [0.25, 0.3) is 11.3 Å². The van der Waals surface area contributed by atoms with Gasteiger partial charge < -0.3 is 4.57 Å². The minimum absolute atomic E-state index is 0.124. The summed E-state index contributed by atoms with van der Waals surface area (Å²) in [5.74, 6) is -0.407. The molecule has 2 rings (SSSR count). The topological polar surface area (TPSA) is 17.8 Å². The van der Waals surface area contributed by atoms with E-state index >= 15 is 0 Å². The number of aromatic nitrogens is 2. The van der Waals surface area contributed by atoms with Crippen molar-refractivity contribution in [3.8, 4) is 11.3 Å². The van der Waals surface area contributed by atoms with Crippen LogP contribution in [0.2, 0.25) is 5.02 Å². The Bertz CT molecular complexity index is 479. The van der Waals surface area contributed by atoms with Crippen LogP contribution in [-0.2, 0) is 6.54 Å². The molecule has 2 nitrogen and oxygen atoms in total. The van der Waals surface area contributed by atoms with E-state index in [9.17, 15) is 4.39 Å². The van der Waals surface area contributed by atoms with Gasteiger partial charge in [-0.05, 0) is 25.1 Å². The fourth-order valence-electron chi connectivity index (χ4n) is 1.34. The van der Waals surface area contributed by atoms with E-state index in [0.717, 1.165) is 17.8 Å². The van der Waals surface area contributed by atoms with Gasteiger partial charge in [0, 0.05) is 18.3 Å². The number of hydrogen-bond acceptors (Lipinski definition) is 1. The molecule has 0 aliphatic carbocycles. The summed E-state index contributed by atoms with van der Waals surface area (Å²) >= 11 is 5.69. The smallest absolute Gasteiger partial charge is 0.141 e. The lowest BCUT2D eigenvalue weighted by Gasteiger charge is -1.98. The predicted octanol–water partition coefficient (Wildman–Crippen LogP) is 3.36. The van der Waals surface area contributed by atoms with Gasteiger partial charge in [-0.1, -0.05) is 11.6 Å². The molecule has 4 heteroatoms. The van der Waals surface area contributed by atoms with Crippen LogP contribution in [0, 0.1) is 5.82 Å². The Morgan fingerprint density at radius 2 is 2.27 bits per heavy atom. The van der Waals surface area contributed by atoms with E-state index in [-0.39, 0.29) is 5.02 Å². The predicted molar refractivity (Wildman–Crippen MR) is 58.3 cm³/mol. The molecule has 0 fully saturated rings. The molecule has 1 aromatic heterocycles. The molecule has 0 aliphatic rings. The zero-order valence-electron chi connectivity index (χ0n) is 8.24. The van der Waals surface area contributed by atoms with Crippen molar-refractivity contribution in [2.24, 2.45) is 0 Å². The number of nitrogens with zero attached hydrogens (tertiary/aromatic N) is 2. The maximum Gasteiger partial charge on any atom is 0.141 e. The highest BCUT2D eigenvalue weighted by atomic mass is 35.5. The molecule has 0 radical (unpaired) electrons. The van der Waals surface area contributed by atoms with Gasteiger partial charge >= 0.3 is 0 Å². The molecule has 0 aliphatic heterocycles. The van der Waals surface area contributed by atoms with Crippen molar-refractivity contribution in [1.82, 2.24) is 9.55 Å². The van der Waals surface area contributed by atoms with Gasteiger partial charge in [0.25, 0.3) is 0 Å². The maximum atomic E-state index is 12.9. The molecule has 1 heterocycles. The summed E-state index contributed by atoms with van der Waals surface area (Å²) < 4.78 is 14.9. The van der Waals surface area contributed by atoms with Crippen LogP contribution in [-0.4, -0.2) is 9.55 Å². The van der Waals surface area contributed by atoms with Crippen molar-refractivity contribution in [3.05, 3.63) is 41.6 Å². The number of benzene rings is 1. The van der Waals surface area contributed by atoms with Crippen LogP contribution in [0.5, 0.6) is 0 Å². The summed E-state index contributed by atoms with van der Waals surface area (Å²) in [6.07, 6.45) is 3.65. The van der Waals surface area contributed by atoms with Crippen molar-refractivity contribution in [2.75, 3.05) is 0 Å². The highest BCUT2D eigenvalue weighted by molar-refractivity contribution is 6.31. The molecule has 2 aromatic rings. The highest BCUT2D eigenvalue weighted by Crippen LogP contribution is 2.23. The van der Waals surface area contributed by atoms with Gasteiger partial charge in [-0.3, -0.25) is 0 Å². The van der Waals surface area contributed by atoms with Crippen molar-refractivity contribution in [3.63, 3.8) is 0 Å². The van der Waals surface area contributed by atoms with E-state index in [2.05, 4.69) is 4.98 Å². The van der Waals surface area contributed by atoms with E-state index in [0.29, 0.717) is 0 Å². The maximum absolute atomic E-state index is 12.9. The zero-order valence-corrected chi connectivity index (χ0v) is 9.00. The van der Waals surface area contributed by atoms with E-state index in [4.69, 9.17) is 11.6 Å². The first-order chi connectivity index (χ1) is 7.20.